The van der Waals surface area contributed by atoms with E-state index in [1.54, 1.807) is 0 Å². The van der Waals surface area contributed by atoms with Gasteiger partial charge in [0, 0.05) is 17.7 Å². The van der Waals surface area contributed by atoms with Gasteiger partial charge in [0.1, 0.15) is 65.2 Å². The Morgan fingerprint density at radius 3 is 2.12 bits per heavy atom. The number of phenols is 4. The third-order valence-electron chi connectivity index (χ3n) is 7.29. The minimum atomic E-state index is -1.97. The molecule has 0 aliphatic carbocycles. The smallest absolute Gasteiger partial charge is 0.239 e. The van der Waals surface area contributed by atoms with Gasteiger partial charge in [-0.05, 0) is 25.1 Å². The fourth-order valence-electron chi connectivity index (χ4n) is 4.84. The average Bonchev–Trinajstić information content (AvgIpc) is 2.96. The lowest BCUT2D eigenvalue weighted by Crippen LogP contribution is -2.61. The fraction of sp³-hybridized carbons (Fsp3) is 0.444. The highest BCUT2D eigenvalue weighted by molar-refractivity contribution is 5.88. The van der Waals surface area contributed by atoms with Gasteiger partial charge in [0.15, 0.2) is 23.5 Å². The summed E-state index contributed by atoms with van der Waals surface area (Å²) in [4.78, 5) is 13.6. The molecule has 3 aromatic rings. The van der Waals surface area contributed by atoms with Gasteiger partial charge in [0.25, 0.3) is 0 Å². The number of hydrogen-bond acceptors (Lipinski definition) is 16. The lowest BCUT2D eigenvalue weighted by molar-refractivity contribution is -0.318. The van der Waals surface area contributed by atoms with Crippen LogP contribution in [0.1, 0.15) is 6.92 Å². The molecule has 1 aromatic heterocycles. The molecule has 10 N–H and O–H groups in total. The molecular formula is C27H30O16. The summed E-state index contributed by atoms with van der Waals surface area (Å²) in [5.41, 5.74) is -1.35. The topological polar surface area (TPSA) is 269 Å². The van der Waals surface area contributed by atoms with Gasteiger partial charge >= 0.3 is 0 Å². The predicted molar refractivity (Wildman–Crippen MR) is 140 cm³/mol. The second-order valence-electron chi connectivity index (χ2n) is 10.3. The Morgan fingerprint density at radius 1 is 0.744 bits per heavy atom. The average molecular weight is 611 g/mol. The summed E-state index contributed by atoms with van der Waals surface area (Å²) in [6.45, 7) is 0.818. The van der Waals surface area contributed by atoms with Crippen molar-refractivity contribution in [3.05, 3.63) is 40.6 Å². The minimum Gasteiger partial charge on any atom is -0.508 e. The van der Waals surface area contributed by atoms with E-state index in [-0.39, 0.29) is 11.1 Å². The van der Waals surface area contributed by atoms with E-state index in [1.807, 2.05) is 0 Å². The van der Waals surface area contributed by atoms with E-state index >= 15 is 0 Å². The molecule has 0 bridgehead atoms. The first kappa shape index (κ1) is 30.7. The normalized spacial score (nSPS) is 33.0. The third-order valence-corrected chi connectivity index (χ3v) is 7.29. The van der Waals surface area contributed by atoms with Crippen molar-refractivity contribution in [2.45, 2.75) is 68.3 Å². The Balaban J connectivity index is 1.48. The summed E-state index contributed by atoms with van der Waals surface area (Å²) in [5.74, 6) is -3.33. The Bertz CT molecular complexity index is 1540. The van der Waals surface area contributed by atoms with Crippen molar-refractivity contribution in [3.8, 4) is 40.1 Å². The highest BCUT2D eigenvalue weighted by atomic mass is 16.7. The number of phenolic OH excluding ortho intramolecular Hbond substituents is 4. The van der Waals surface area contributed by atoms with Crippen LogP contribution < -0.4 is 10.2 Å². The largest absolute Gasteiger partial charge is 0.508 e. The van der Waals surface area contributed by atoms with Gasteiger partial charge < -0.3 is 74.4 Å². The summed E-state index contributed by atoms with van der Waals surface area (Å²) in [7, 11) is 0. The van der Waals surface area contributed by atoms with Gasteiger partial charge in [-0.3, -0.25) is 4.79 Å². The zero-order valence-corrected chi connectivity index (χ0v) is 22.3. The van der Waals surface area contributed by atoms with E-state index in [0.717, 1.165) is 24.3 Å². The highest BCUT2D eigenvalue weighted by Crippen LogP contribution is 2.39. The molecule has 2 aromatic carbocycles. The molecule has 16 nitrogen and oxygen atoms in total. The Kier molecular flexibility index (Phi) is 8.41. The second-order valence-corrected chi connectivity index (χ2v) is 10.3. The molecule has 43 heavy (non-hydrogen) atoms. The zero-order chi connectivity index (χ0) is 31.3. The van der Waals surface area contributed by atoms with Crippen molar-refractivity contribution in [2.24, 2.45) is 0 Å². The number of ether oxygens (including phenoxy) is 4. The van der Waals surface area contributed by atoms with Crippen molar-refractivity contribution in [1.82, 2.24) is 0 Å². The van der Waals surface area contributed by atoms with Crippen molar-refractivity contribution < 1.29 is 74.4 Å². The summed E-state index contributed by atoms with van der Waals surface area (Å²) in [6.07, 6.45) is -16.2. The maximum atomic E-state index is 13.6. The lowest BCUT2D eigenvalue weighted by Gasteiger charge is -2.42. The molecule has 6 unspecified atom stereocenters. The van der Waals surface area contributed by atoms with Crippen LogP contribution in [0.2, 0.25) is 0 Å². The van der Waals surface area contributed by atoms with Gasteiger partial charge in [-0.15, -0.1) is 0 Å². The standard InChI is InChI=1S/C27H30O16/c1-8-17(32)20(35)22(37)26(40-8)39-7-15-18(33)21(36)23(38)27(42-15)43-25-19(34)16-13(31)5-10(28)6-14(16)41-24(25)9-2-3-11(29)12(30)4-9/h2-6,8,15,17-18,20-23,26-33,35-38H,7H2,1H3/t8?,15?,17-,18-,20?,21?,22?,23?,26+,27+/m0/s1. The molecule has 0 radical (unpaired) electrons. The molecule has 234 valence electrons. The van der Waals surface area contributed by atoms with Crippen LogP contribution in [0, 0.1) is 0 Å². The van der Waals surface area contributed by atoms with E-state index in [1.165, 1.54) is 13.0 Å². The molecule has 3 heterocycles. The van der Waals surface area contributed by atoms with E-state index in [4.69, 9.17) is 23.4 Å². The molecule has 2 aliphatic heterocycles. The number of aliphatic hydroxyl groups excluding tert-OH is 6. The maximum absolute atomic E-state index is 13.6. The molecule has 0 amide bonds. The number of aromatic hydroxyl groups is 4. The molecule has 0 spiro atoms. The van der Waals surface area contributed by atoms with Gasteiger partial charge in [0.05, 0.1) is 12.7 Å². The van der Waals surface area contributed by atoms with Crippen LogP contribution in [0.25, 0.3) is 22.3 Å². The number of rotatable bonds is 6. The molecule has 2 aliphatic rings. The van der Waals surface area contributed by atoms with Gasteiger partial charge in [-0.1, -0.05) is 0 Å². The lowest BCUT2D eigenvalue weighted by atomic mass is 9.98. The SMILES string of the molecule is CC1O[C@@H](OCC2O[C@H](Oc3c(-c4ccc(O)c(O)c4)oc4cc(O)cc(O)c4c3=O)C(O)C(O)[C@H]2O)C(O)C(O)[C@H]1O. The van der Waals surface area contributed by atoms with E-state index < -0.39 is 113 Å². The summed E-state index contributed by atoms with van der Waals surface area (Å²) in [5, 5.41) is 101. The van der Waals surface area contributed by atoms with Crippen LogP contribution in [0.15, 0.2) is 39.5 Å². The summed E-state index contributed by atoms with van der Waals surface area (Å²) in [6, 6.07) is 5.24. The highest BCUT2D eigenvalue weighted by Gasteiger charge is 2.47. The maximum Gasteiger partial charge on any atom is 0.239 e. The van der Waals surface area contributed by atoms with Crippen LogP contribution in [0.3, 0.4) is 0 Å². The Labute approximate surface area is 241 Å². The summed E-state index contributed by atoms with van der Waals surface area (Å²) < 4.78 is 27.8. The van der Waals surface area contributed by atoms with E-state index in [2.05, 4.69) is 0 Å². The van der Waals surface area contributed by atoms with Crippen LogP contribution in [0.5, 0.6) is 28.7 Å². The number of fused-ring (bicyclic) bond motifs is 1. The van der Waals surface area contributed by atoms with Crippen LogP contribution in [-0.2, 0) is 14.2 Å². The first-order valence-electron chi connectivity index (χ1n) is 13.0. The molecule has 10 atom stereocenters. The van der Waals surface area contributed by atoms with Crippen LogP contribution in [-0.4, -0.2) is 119 Å². The monoisotopic (exact) mass is 610 g/mol. The zero-order valence-electron chi connectivity index (χ0n) is 22.3. The molecule has 2 fully saturated rings. The van der Waals surface area contributed by atoms with Crippen molar-refractivity contribution >= 4 is 11.0 Å². The number of benzene rings is 2. The number of hydrogen-bond donors (Lipinski definition) is 10. The van der Waals surface area contributed by atoms with Crippen LogP contribution in [0.4, 0.5) is 0 Å². The quantitative estimate of drug-likeness (QED) is 0.140. The predicted octanol–water partition coefficient (Wildman–Crippen LogP) is -1.69. The van der Waals surface area contributed by atoms with E-state index in [0.29, 0.717) is 0 Å². The van der Waals surface area contributed by atoms with Crippen molar-refractivity contribution in [1.29, 1.82) is 0 Å². The molecule has 0 saturated carbocycles. The molecule has 16 heteroatoms. The van der Waals surface area contributed by atoms with Crippen molar-refractivity contribution in [2.75, 3.05) is 6.61 Å². The fourth-order valence-corrected chi connectivity index (χ4v) is 4.84. The van der Waals surface area contributed by atoms with Gasteiger partial charge in [-0.25, -0.2) is 0 Å². The summed E-state index contributed by atoms with van der Waals surface area (Å²) >= 11 is 0. The Morgan fingerprint density at radius 2 is 1.42 bits per heavy atom. The first-order valence-corrected chi connectivity index (χ1v) is 13.0. The molecule has 5 rings (SSSR count). The first-order chi connectivity index (χ1) is 20.3. The van der Waals surface area contributed by atoms with Gasteiger partial charge in [-0.2, -0.15) is 0 Å². The van der Waals surface area contributed by atoms with Gasteiger partial charge in [0.2, 0.25) is 17.5 Å². The van der Waals surface area contributed by atoms with E-state index in [9.17, 15) is 55.9 Å². The molecular weight excluding hydrogens is 580 g/mol. The molecule has 2 saturated heterocycles. The Hall–Kier alpha value is -3.71. The minimum absolute atomic E-state index is 0.0313. The second kappa shape index (κ2) is 11.8. The number of aliphatic hydroxyl groups is 6. The van der Waals surface area contributed by atoms with Crippen LogP contribution >= 0.6 is 0 Å². The van der Waals surface area contributed by atoms with Crippen molar-refractivity contribution in [3.63, 3.8) is 0 Å². The third kappa shape index (κ3) is 5.67.